The monoisotopic (exact) mass is 758 g/mol. The van der Waals surface area contributed by atoms with Gasteiger partial charge in [0.25, 0.3) is 0 Å². The van der Waals surface area contributed by atoms with Crippen molar-refractivity contribution in [3.63, 3.8) is 0 Å². The molecule has 0 saturated carbocycles. The summed E-state index contributed by atoms with van der Waals surface area (Å²) >= 11 is 1.46. The molecule has 0 unspecified atom stereocenters. The summed E-state index contributed by atoms with van der Waals surface area (Å²) in [6.07, 6.45) is 7.15. The second kappa shape index (κ2) is 16.1. The van der Waals surface area contributed by atoms with Crippen LogP contribution in [0.25, 0.3) is 21.5 Å². The first-order valence-corrected chi connectivity index (χ1v) is 29.4. The predicted molar refractivity (Wildman–Crippen MR) is 220 cm³/mol. The van der Waals surface area contributed by atoms with Gasteiger partial charge in [-0.3, -0.25) is 6.08 Å². The fraction of sp³-hybridized carbons (Fsp3) is 0.318. The molecule has 0 spiro atoms. The van der Waals surface area contributed by atoms with Gasteiger partial charge in [0, 0.05) is 8.07 Å². The van der Waals surface area contributed by atoms with E-state index < -0.39 is 24.2 Å². The molecule has 0 saturated heterocycles. The molecule has 0 amide bonds. The Hall–Kier alpha value is -2.37. The topological polar surface area (TPSA) is 0 Å². The normalized spacial score (nSPS) is 13.6. The zero-order valence-corrected chi connectivity index (χ0v) is 36.9. The minimum absolute atomic E-state index is 1.11. The van der Waals surface area contributed by atoms with Gasteiger partial charge in [-0.05, 0) is 20.9 Å². The Bertz CT molecular complexity index is 1810. The summed E-state index contributed by atoms with van der Waals surface area (Å²) in [6.45, 7) is 26.9. The Morgan fingerprint density at radius 2 is 1.04 bits per heavy atom. The number of benzene rings is 4. The third-order valence-corrected chi connectivity index (χ3v) is 17.3. The summed E-state index contributed by atoms with van der Waals surface area (Å²) in [4.78, 5) is 0. The molecule has 4 heteroatoms. The van der Waals surface area contributed by atoms with E-state index in [1.807, 2.05) is 10.4 Å². The van der Waals surface area contributed by atoms with Crippen molar-refractivity contribution in [3.8, 4) is 0 Å². The van der Waals surface area contributed by atoms with Crippen LogP contribution in [0.15, 0.2) is 119 Å². The molecule has 0 nitrogen and oxygen atoms in total. The Balaban J connectivity index is 0.000000163. The molecule has 1 aliphatic rings. The van der Waals surface area contributed by atoms with Gasteiger partial charge in [-0.1, -0.05) is 108 Å². The van der Waals surface area contributed by atoms with Gasteiger partial charge < -0.3 is 0 Å². The Morgan fingerprint density at radius 1 is 0.604 bits per heavy atom. The number of allylic oxidation sites excluding steroid dienone is 4. The van der Waals surface area contributed by atoms with Crippen LogP contribution in [0, 0.1) is 6.08 Å². The molecule has 5 aromatic rings. The fourth-order valence-corrected chi connectivity index (χ4v) is 16.8. The molecule has 0 bridgehead atoms. The fourth-order valence-electron chi connectivity index (χ4n) is 6.55. The molecular weight excluding hydrogens is 704 g/mol. The Kier molecular flexibility index (Phi) is 12.9. The standard InChI is InChI=1S/C17H17.C14H29Si3.C13H10.Zr/c1-3-12-5-7-16-14(9-12)11-15-10-13(4-2)6-8-17(15)16;1-15(2,3)12-10-11-13(16(4,5)6)14(12)17(7,8)9;1-3-7-12(8-4-1)11-13-9-5-2-6-10-13;/h5-11H,3-4H2,1-2H3;10H2,1-9H3;1-10H;/q2*-1;;+2. The van der Waals surface area contributed by atoms with Crippen LogP contribution in [0.1, 0.15) is 42.5 Å². The zero-order valence-electron chi connectivity index (χ0n) is 31.4. The van der Waals surface area contributed by atoms with Crippen LogP contribution in [-0.2, 0) is 37.1 Å². The summed E-state index contributed by atoms with van der Waals surface area (Å²) in [5.41, 5.74) is 5.50. The predicted octanol–water partition coefficient (Wildman–Crippen LogP) is 12.7. The molecule has 5 aromatic carbocycles. The van der Waals surface area contributed by atoms with Gasteiger partial charge in [0.1, 0.15) is 0 Å². The second-order valence-electron chi connectivity index (χ2n) is 16.1. The third-order valence-electron chi connectivity index (χ3n) is 9.17. The van der Waals surface area contributed by atoms with E-state index in [-0.39, 0.29) is 0 Å². The molecule has 48 heavy (non-hydrogen) atoms. The summed E-state index contributed by atoms with van der Waals surface area (Å²) in [5.74, 6) is 0. The molecule has 0 aliphatic heterocycles. The number of rotatable bonds is 7. The number of hydrogen-bond acceptors (Lipinski definition) is 0. The van der Waals surface area contributed by atoms with E-state index in [2.05, 4.69) is 182 Å². The van der Waals surface area contributed by atoms with E-state index in [0.717, 1.165) is 19.3 Å². The van der Waals surface area contributed by atoms with Crippen molar-refractivity contribution in [2.45, 2.75) is 92.0 Å². The number of hydrogen-bond donors (Lipinski definition) is 0. The first-order chi connectivity index (χ1) is 22.5. The summed E-state index contributed by atoms with van der Waals surface area (Å²) in [7, 11) is -3.60. The van der Waals surface area contributed by atoms with E-state index in [1.54, 1.807) is 5.20 Å². The average molecular weight is 760 g/mol. The first kappa shape index (κ1) is 38.4. The van der Waals surface area contributed by atoms with E-state index in [4.69, 9.17) is 0 Å². The molecule has 0 atom stereocenters. The average Bonchev–Trinajstić information content (AvgIpc) is 3.68. The van der Waals surface area contributed by atoms with Crippen molar-refractivity contribution in [2.75, 3.05) is 0 Å². The van der Waals surface area contributed by atoms with Crippen molar-refractivity contribution in [3.05, 3.63) is 147 Å². The van der Waals surface area contributed by atoms with Crippen LogP contribution in [0.4, 0.5) is 0 Å². The summed E-state index contributed by atoms with van der Waals surface area (Å²) in [5, 5.41) is 10.8. The van der Waals surface area contributed by atoms with Crippen molar-refractivity contribution in [1.82, 2.24) is 0 Å². The Labute approximate surface area is 310 Å². The van der Waals surface area contributed by atoms with Crippen LogP contribution in [-0.4, -0.2) is 27.4 Å². The molecule has 248 valence electrons. The van der Waals surface area contributed by atoms with Crippen LogP contribution >= 0.6 is 0 Å². The zero-order chi connectivity index (χ0) is 35.3. The molecule has 1 aliphatic carbocycles. The van der Waals surface area contributed by atoms with Crippen LogP contribution in [0.5, 0.6) is 0 Å². The quantitative estimate of drug-likeness (QED) is 0.114. The summed E-state index contributed by atoms with van der Waals surface area (Å²) in [6, 6.07) is 37.1. The van der Waals surface area contributed by atoms with E-state index in [1.165, 1.54) is 71.2 Å². The van der Waals surface area contributed by atoms with Crippen molar-refractivity contribution >= 4 is 49.0 Å². The molecule has 0 heterocycles. The third kappa shape index (κ3) is 9.65. The molecule has 0 aromatic heterocycles. The van der Waals surface area contributed by atoms with E-state index in [9.17, 15) is 0 Å². The maximum atomic E-state index is 3.78. The van der Waals surface area contributed by atoms with Crippen LogP contribution in [0.3, 0.4) is 0 Å². The molecular formula is C44H56Si3Zr. The van der Waals surface area contributed by atoms with Gasteiger partial charge in [0.05, 0.1) is 8.07 Å². The van der Waals surface area contributed by atoms with Gasteiger partial charge in [-0.15, -0.1) is 46.2 Å². The second-order valence-corrected chi connectivity index (χ2v) is 32.5. The molecule has 0 fully saturated rings. The van der Waals surface area contributed by atoms with Gasteiger partial charge in [-0.25, -0.2) is 10.4 Å². The van der Waals surface area contributed by atoms with E-state index >= 15 is 0 Å². The maximum absolute atomic E-state index is 3.78. The molecule has 6 rings (SSSR count). The van der Waals surface area contributed by atoms with Gasteiger partial charge in [0.15, 0.2) is 0 Å². The van der Waals surface area contributed by atoms with Gasteiger partial charge >= 0.3 is 99.2 Å². The van der Waals surface area contributed by atoms with Crippen LogP contribution < -0.4 is 0 Å². The molecule has 0 N–H and O–H groups in total. The SMILES string of the molecule is CCc1ccc2c(c1)[cH-]c1cc(CC)ccc12.C[Si](C)(C)C1=[C-]CC([Si](C)(C)C)=C1[Si](C)(C)C.[Zr+2]=[C](c1ccccc1)c1ccccc1. The number of fused-ring (bicyclic) bond motifs is 3. The van der Waals surface area contributed by atoms with Gasteiger partial charge in [0.2, 0.25) is 0 Å². The van der Waals surface area contributed by atoms with Crippen molar-refractivity contribution in [1.29, 1.82) is 0 Å². The minimum atomic E-state index is -1.22. The van der Waals surface area contributed by atoms with E-state index in [0.29, 0.717) is 0 Å². The molecule has 0 radical (unpaired) electrons. The van der Waals surface area contributed by atoms with Crippen molar-refractivity contribution < 1.29 is 24.2 Å². The van der Waals surface area contributed by atoms with Crippen molar-refractivity contribution in [2.24, 2.45) is 0 Å². The summed E-state index contributed by atoms with van der Waals surface area (Å²) < 4.78 is 1.42. The van der Waals surface area contributed by atoms with Crippen LogP contribution in [0.2, 0.25) is 58.9 Å². The number of aryl methyl sites for hydroxylation is 2. The Morgan fingerprint density at radius 3 is 1.40 bits per heavy atom. The van der Waals surface area contributed by atoms with Gasteiger partial charge in [-0.2, -0.15) is 5.20 Å². The first-order valence-electron chi connectivity index (χ1n) is 17.7.